The Hall–Kier alpha value is -0.440. The van der Waals surface area contributed by atoms with Gasteiger partial charge in [-0.15, -0.1) is 0 Å². The van der Waals surface area contributed by atoms with E-state index >= 15 is 0 Å². The van der Waals surface area contributed by atoms with Crippen LogP contribution in [0.5, 0.6) is 5.75 Å². The van der Waals surface area contributed by atoms with E-state index in [0.29, 0.717) is 27.8 Å². The van der Waals surface area contributed by atoms with Gasteiger partial charge in [-0.25, -0.2) is 0 Å². The van der Waals surface area contributed by atoms with E-state index in [-0.39, 0.29) is 0 Å². The van der Waals surface area contributed by atoms with Crippen molar-refractivity contribution in [2.75, 3.05) is 7.11 Å². The largest absolute Gasteiger partial charge is 0.495 e. The Bertz CT molecular complexity index is 326. The summed E-state index contributed by atoms with van der Waals surface area (Å²) in [5.74, 6) is 0.526. The highest BCUT2D eigenvalue weighted by atomic mass is 35.5. The molecule has 4 heteroatoms. The van der Waals surface area contributed by atoms with E-state index in [9.17, 15) is 5.11 Å². The lowest BCUT2D eigenvalue weighted by molar-refractivity contribution is 0.173. The molecule has 0 aliphatic rings. The highest BCUT2D eigenvalue weighted by Crippen LogP contribution is 2.34. The van der Waals surface area contributed by atoms with Crippen molar-refractivity contribution in [3.63, 3.8) is 0 Å². The molecule has 0 saturated carbocycles. The minimum absolute atomic E-state index is 0.449. The zero-order chi connectivity index (χ0) is 10.7. The molecule has 14 heavy (non-hydrogen) atoms. The summed E-state index contributed by atoms with van der Waals surface area (Å²) >= 11 is 11.8. The molecular formula is C10H12Cl2O2. The highest BCUT2D eigenvalue weighted by Gasteiger charge is 2.13. The molecule has 78 valence electrons. The van der Waals surface area contributed by atoms with Crippen LogP contribution in [0.15, 0.2) is 12.1 Å². The molecule has 1 rings (SSSR count). The Kier molecular flexibility index (Phi) is 4.05. The van der Waals surface area contributed by atoms with Gasteiger partial charge < -0.3 is 9.84 Å². The van der Waals surface area contributed by atoms with Crippen molar-refractivity contribution < 1.29 is 9.84 Å². The standard InChI is InChI=1S/C10H12Cl2O2/c1-3-9(13)6-4-10(14-2)8(12)5-7(6)11/h4-5,9,13H,3H2,1-2H3. The van der Waals surface area contributed by atoms with Gasteiger partial charge in [-0.05, 0) is 18.6 Å². The fraction of sp³-hybridized carbons (Fsp3) is 0.400. The van der Waals surface area contributed by atoms with E-state index in [1.807, 2.05) is 6.92 Å². The molecule has 0 amide bonds. The second kappa shape index (κ2) is 4.87. The van der Waals surface area contributed by atoms with E-state index in [1.165, 1.54) is 7.11 Å². The van der Waals surface area contributed by atoms with Crippen LogP contribution in [0.4, 0.5) is 0 Å². The Morgan fingerprint density at radius 2 is 2.00 bits per heavy atom. The van der Waals surface area contributed by atoms with E-state index in [2.05, 4.69) is 0 Å². The fourth-order valence-electron chi connectivity index (χ4n) is 1.18. The van der Waals surface area contributed by atoms with Crippen molar-refractivity contribution in [2.45, 2.75) is 19.4 Å². The third-order valence-corrected chi connectivity index (χ3v) is 2.64. The van der Waals surface area contributed by atoms with Gasteiger partial charge in [0, 0.05) is 10.6 Å². The number of halogens is 2. The number of hydrogen-bond acceptors (Lipinski definition) is 2. The van der Waals surface area contributed by atoms with E-state index in [0.717, 1.165) is 0 Å². The van der Waals surface area contributed by atoms with Crippen molar-refractivity contribution in [3.8, 4) is 5.75 Å². The summed E-state index contributed by atoms with van der Waals surface area (Å²) in [6.07, 6.45) is 0.0264. The summed E-state index contributed by atoms with van der Waals surface area (Å²) < 4.78 is 5.03. The molecule has 1 unspecified atom stereocenters. The fourth-order valence-corrected chi connectivity index (χ4v) is 1.76. The predicted molar refractivity (Wildman–Crippen MR) is 58.3 cm³/mol. The second-order valence-corrected chi connectivity index (χ2v) is 3.75. The summed E-state index contributed by atoms with van der Waals surface area (Å²) in [4.78, 5) is 0. The number of ether oxygens (including phenoxy) is 1. The van der Waals surface area contributed by atoms with Crippen molar-refractivity contribution in [1.82, 2.24) is 0 Å². The van der Waals surface area contributed by atoms with Gasteiger partial charge in [0.2, 0.25) is 0 Å². The minimum atomic E-state index is -0.575. The van der Waals surface area contributed by atoms with Gasteiger partial charge in [-0.3, -0.25) is 0 Å². The Labute approximate surface area is 93.4 Å². The van der Waals surface area contributed by atoms with Crippen LogP contribution < -0.4 is 4.74 Å². The first-order valence-corrected chi connectivity index (χ1v) is 5.06. The third kappa shape index (κ3) is 2.32. The van der Waals surface area contributed by atoms with Crippen LogP contribution in [0.3, 0.4) is 0 Å². The normalized spacial score (nSPS) is 12.6. The Morgan fingerprint density at radius 3 is 2.50 bits per heavy atom. The number of benzene rings is 1. The lowest BCUT2D eigenvalue weighted by Gasteiger charge is -2.12. The molecule has 1 N–H and O–H groups in total. The molecule has 0 heterocycles. The predicted octanol–water partition coefficient (Wildman–Crippen LogP) is 3.45. The summed E-state index contributed by atoms with van der Waals surface area (Å²) in [7, 11) is 1.53. The Balaban J connectivity index is 3.17. The van der Waals surface area contributed by atoms with Crippen LogP contribution in [-0.2, 0) is 0 Å². The van der Waals surface area contributed by atoms with Gasteiger partial charge in [0.05, 0.1) is 18.2 Å². The molecule has 1 aromatic carbocycles. The average molecular weight is 235 g/mol. The zero-order valence-corrected chi connectivity index (χ0v) is 9.56. The summed E-state index contributed by atoms with van der Waals surface area (Å²) in [5, 5.41) is 10.5. The second-order valence-electron chi connectivity index (χ2n) is 2.93. The Morgan fingerprint density at radius 1 is 1.36 bits per heavy atom. The maximum absolute atomic E-state index is 9.64. The van der Waals surface area contributed by atoms with Crippen LogP contribution >= 0.6 is 23.2 Å². The number of hydrogen-bond donors (Lipinski definition) is 1. The molecule has 0 aromatic heterocycles. The number of rotatable bonds is 3. The van der Waals surface area contributed by atoms with Crippen molar-refractivity contribution in [1.29, 1.82) is 0 Å². The van der Waals surface area contributed by atoms with Gasteiger partial charge in [-0.1, -0.05) is 30.1 Å². The van der Waals surface area contributed by atoms with Crippen molar-refractivity contribution in [3.05, 3.63) is 27.7 Å². The molecular weight excluding hydrogens is 223 g/mol. The summed E-state index contributed by atoms with van der Waals surface area (Å²) in [6.45, 7) is 1.88. The van der Waals surface area contributed by atoms with Crippen LogP contribution in [0.2, 0.25) is 10.0 Å². The third-order valence-electron chi connectivity index (χ3n) is 2.02. The van der Waals surface area contributed by atoms with Crippen LogP contribution in [-0.4, -0.2) is 12.2 Å². The molecule has 2 nitrogen and oxygen atoms in total. The molecule has 0 aliphatic carbocycles. The number of aliphatic hydroxyl groups is 1. The maximum atomic E-state index is 9.64. The van der Waals surface area contributed by atoms with E-state index in [1.54, 1.807) is 12.1 Å². The molecule has 0 spiro atoms. The number of aliphatic hydroxyl groups excluding tert-OH is 1. The SMILES string of the molecule is CCC(O)c1cc(OC)c(Cl)cc1Cl. The maximum Gasteiger partial charge on any atom is 0.137 e. The van der Waals surface area contributed by atoms with Crippen LogP contribution in [0.25, 0.3) is 0 Å². The molecule has 0 aliphatic heterocycles. The lowest BCUT2D eigenvalue weighted by atomic mass is 10.1. The first kappa shape index (κ1) is 11.6. The quantitative estimate of drug-likeness (QED) is 0.869. The lowest BCUT2D eigenvalue weighted by Crippen LogP contribution is -1.97. The van der Waals surface area contributed by atoms with Crippen LogP contribution in [0, 0.1) is 0 Å². The molecule has 1 aromatic rings. The smallest absolute Gasteiger partial charge is 0.137 e. The summed E-state index contributed by atoms with van der Waals surface area (Å²) in [5.41, 5.74) is 0.649. The topological polar surface area (TPSA) is 29.5 Å². The first-order chi connectivity index (χ1) is 6.60. The monoisotopic (exact) mass is 234 g/mol. The molecule has 0 fully saturated rings. The summed E-state index contributed by atoms with van der Waals surface area (Å²) in [6, 6.07) is 3.25. The average Bonchev–Trinajstić information content (AvgIpc) is 2.17. The van der Waals surface area contributed by atoms with Gasteiger partial charge in [0.15, 0.2) is 0 Å². The van der Waals surface area contributed by atoms with Gasteiger partial charge >= 0.3 is 0 Å². The molecule has 0 saturated heterocycles. The molecule has 1 atom stereocenters. The minimum Gasteiger partial charge on any atom is -0.495 e. The number of methoxy groups -OCH3 is 1. The van der Waals surface area contributed by atoms with Gasteiger partial charge in [-0.2, -0.15) is 0 Å². The van der Waals surface area contributed by atoms with Crippen molar-refractivity contribution >= 4 is 23.2 Å². The van der Waals surface area contributed by atoms with Crippen molar-refractivity contribution in [2.24, 2.45) is 0 Å². The van der Waals surface area contributed by atoms with Crippen LogP contribution in [0.1, 0.15) is 25.0 Å². The van der Waals surface area contributed by atoms with Gasteiger partial charge in [0.1, 0.15) is 5.75 Å². The van der Waals surface area contributed by atoms with E-state index < -0.39 is 6.10 Å². The highest BCUT2D eigenvalue weighted by molar-refractivity contribution is 6.36. The molecule has 0 bridgehead atoms. The van der Waals surface area contributed by atoms with Gasteiger partial charge in [0.25, 0.3) is 0 Å². The molecule has 0 radical (unpaired) electrons. The zero-order valence-electron chi connectivity index (χ0n) is 8.05. The van der Waals surface area contributed by atoms with E-state index in [4.69, 9.17) is 27.9 Å². The first-order valence-electron chi connectivity index (χ1n) is 4.31.